The minimum atomic E-state index is 0.585. The zero-order valence-electron chi connectivity index (χ0n) is 26.8. The molecular weight excluding hydrogens is 569 g/mol. The predicted molar refractivity (Wildman–Crippen MR) is 194 cm³/mol. The average molecular weight is 619 g/mol. The number of hydrogen-bond acceptors (Lipinski definition) is 2. The molecule has 2 heterocycles. The lowest BCUT2D eigenvalue weighted by Crippen LogP contribution is -2.39. The molecule has 2 heteroatoms. The van der Waals surface area contributed by atoms with Crippen molar-refractivity contribution in [1.82, 2.24) is 0 Å². The Morgan fingerprint density at radius 2 is 1.80 bits per heavy atom. The van der Waals surface area contributed by atoms with Crippen LogP contribution in [0.3, 0.4) is 0 Å². The van der Waals surface area contributed by atoms with Gasteiger partial charge in [0, 0.05) is 36.2 Å². The average Bonchev–Trinajstić information content (AvgIpc) is 3.37. The van der Waals surface area contributed by atoms with Crippen LogP contribution in [-0.4, -0.2) is 5.25 Å². The molecule has 0 saturated heterocycles. The van der Waals surface area contributed by atoms with Gasteiger partial charge < -0.3 is 0 Å². The molecule has 0 spiro atoms. The van der Waals surface area contributed by atoms with Gasteiger partial charge in [-0.25, -0.2) is 0 Å². The second kappa shape index (κ2) is 12.3. The van der Waals surface area contributed by atoms with Crippen molar-refractivity contribution in [2.24, 2.45) is 35.5 Å². The maximum atomic E-state index is 4.12. The summed E-state index contributed by atoms with van der Waals surface area (Å²) in [6, 6.07) is 12.5. The first-order valence-electron chi connectivity index (χ1n) is 17.9. The molecule has 3 aromatic rings. The van der Waals surface area contributed by atoms with Gasteiger partial charge in [-0.1, -0.05) is 80.5 Å². The fourth-order valence-corrected chi connectivity index (χ4v) is 13.3. The Hall–Kier alpha value is -2.03. The molecule has 0 amide bonds. The number of benzene rings is 2. The molecule has 4 aliphatic carbocycles. The van der Waals surface area contributed by atoms with Gasteiger partial charge >= 0.3 is 0 Å². The number of allylic oxidation sites excluding steroid dienone is 6. The standard InChI is InChI=1S/C42H50S2/c1-4-28-12-10-15-30(22-21-28)32-18-11-19-34-37-25-39-36(24-38(37)43-41(32)34)33-16-8-9-17-35(42(33)44-39)40-26(2)20-23-31(27(40)3)29-13-6-5-7-14-29/h4-6,8-9,11,17-19,24-31,33,40,42H,1,7,10,12-16,20-23H2,2-3H3/t26-,27-,28+,29-,30?,31?,33?,40?,42?/m1/s1. The van der Waals surface area contributed by atoms with Gasteiger partial charge in [0.1, 0.15) is 0 Å². The largest absolute Gasteiger partial charge is 0.135 e. The Morgan fingerprint density at radius 1 is 0.864 bits per heavy atom. The molecule has 44 heavy (non-hydrogen) atoms. The highest BCUT2D eigenvalue weighted by atomic mass is 32.2. The van der Waals surface area contributed by atoms with Gasteiger partial charge in [-0.15, -0.1) is 29.7 Å². The lowest BCUT2D eigenvalue weighted by Gasteiger charge is -2.46. The van der Waals surface area contributed by atoms with Crippen LogP contribution in [0.4, 0.5) is 0 Å². The third-order valence-electron chi connectivity index (χ3n) is 12.7. The summed E-state index contributed by atoms with van der Waals surface area (Å²) in [7, 11) is 0. The Morgan fingerprint density at radius 3 is 2.66 bits per heavy atom. The quantitative estimate of drug-likeness (QED) is 0.207. The van der Waals surface area contributed by atoms with Gasteiger partial charge in [0.25, 0.3) is 0 Å². The van der Waals surface area contributed by atoms with Crippen molar-refractivity contribution in [2.75, 3.05) is 0 Å². The minimum absolute atomic E-state index is 0.585. The van der Waals surface area contributed by atoms with Crippen LogP contribution < -0.4 is 0 Å². The van der Waals surface area contributed by atoms with Crippen LogP contribution in [0.5, 0.6) is 0 Å². The van der Waals surface area contributed by atoms with Gasteiger partial charge in [-0.05, 0) is 129 Å². The van der Waals surface area contributed by atoms with Gasteiger partial charge in [-0.2, -0.15) is 0 Å². The third-order valence-corrected chi connectivity index (χ3v) is 15.4. The highest BCUT2D eigenvalue weighted by Gasteiger charge is 2.45. The topological polar surface area (TPSA) is 0 Å². The van der Waals surface area contributed by atoms with Crippen LogP contribution in [-0.2, 0) is 0 Å². The van der Waals surface area contributed by atoms with Gasteiger partial charge in [0.2, 0.25) is 0 Å². The lowest BCUT2D eigenvalue weighted by atomic mass is 9.59. The summed E-state index contributed by atoms with van der Waals surface area (Å²) in [6.07, 6.45) is 29.2. The van der Waals surface area contributed by atoms with Gasteiger partial charge in [-0.3, -0.25) is 0 Å². The molecule has 2 aromatic carbocycles. The van der Waals surface area contributed by atoms with Crippen LogP contribution in [0.1, 0.15) is 107 Å². The summed E-state index contributed by atoms with van der Waals surface area (Å²) >= 11 is 4.30. The summed E-state index contributed by atoms with van der Waals surface area (Å²) in [4.78, 5) is 1.56. The SMILES string of the molecule is C=C[C@H]1CCCC(c2cccc3c2sc2cc4c(cc23)SC2C(C3[C@H](C)C([C@@H]5CC=CCC5)CC[C@H]3C)=CC=CCC42)CC1. The maximum absolute atomic E-state index is 4.12. The van der Waals surface area contributed by atoms with Crippen molar-refractivity contribution >= 4 is 43.3 Å². The van der Waals surface area contributed by atoms with Crippen molar-refractivity contribution in [3.05, 3.63) is 90.1 Å². The van der Waals surface area contributed by atoms with Crippen molar-refractivity contribution in [1.29, 1.82) is 0 Å². The Balaban J connectivity index is 1.12. The van der Waals surface area contributed by atoms with E-state index < -0.39 is 0 Å². The molecule has 5 unspecified atom stereocenters. The molecule has 1 aromatic heterocycles. The zero-order chi connectivity index (χ0) is 29.8. The fraction of sp³-hybridized carbons (Fsp3) is 0.524. The third kappa shape index (κ3) is 5.11. The molecule has 0 nitrogen and oxygen atoms in total. The normalized spacial score (nSPS) is 35.6. The molecule has 5 aliphatic rings. The fourth-order valence-electron chi connectivity index (χ4n) is 10.4. The summed E-state index contributed by atoms with van der Waals surface area (Å²) in [5.41, 5.74) is 5.01. The highest BCUT2D eigenvalue weighted by molar-refractivity contribution is 8.00. The Bertz CT molecular complexity index is 1630. The number of fused-ring (bicyclic) bond motifs is 6. The van der Waals surface area contributed by atoms with E-state index in [1.54, 1.807) is 26.3 Å². The lowest BCUT2D eigenvalue weighted by molar-refractivity contribution is 0.0852. The maximum Gasteiger partial charge on any atom is 0.0390 e. The van der Waals surface area contributed by atoms with Crippen LogP contribution in [0.2, 0.25) is 0 Å². The summed E-state index contributed by atoms with van der Waals surface area (Å²) in [5, 5.41) is 3.58. The molecule has 2 fully saturated rings. The van der Waals surface area contributed by atoms with Gasteiger partial charge in [0.05, 0.1) is 0 Å². The van der Waals surface area contributed by atoms with Crippen molar-refractivity contribution in [3.8, 4) is 0 Å². The Labute approximate surface area is 274 Å². The van der Waals surface area contributed by atoms with Crippen molar-refractivity contribution in [2.45, 2.75) is 106 Å². The Kier molecular flexibility index (Phi) is 8.21. The molecule has 0 radical (unpaired) electrons. The number of thiophene rings is 1. The van der Waals surface area contributed by atoms with E-state index in [0.717, 1.165) is 23.7 Å². The smallest absolute Gasteiger partial charge is 0.0390 e. The van der Waals surface area contributed by atoms with Gasteiger partial charge in [0.15, 0.2) is 0 Å². The minimum Gasteiger partial charge on any atom is -0.135 e. The molecule has 230 valence electrons. The molecule has 8 rings (SSSR count). The monoisotopic (exact) mass is 618 g/mol. The molecule has 9 atom stereocenters. The molecule has 2 saturated carbocycles. The first-order chi connectivity index (χ1) is 21.6. The zero-order valence-corrected chi connectivity index (χ0v) is 28.5. The van der Waals surface area contributed by atoms with Crippen LogP contribution in [0.15, 0.2) is 83.8 Å². The predicted octanol–water partition coefficient (Wildman–Crippen LogP) is 13.0. The summed E-state index contributed by atoms with van der Waals surface area (Å²) in [6.45, 7) is 9.32. The molecule has 0 N–H and O–H groups in total. The van der Waals surface area contributed by atoms with Crippen LogP contribution in [0, 0.1) is 35.5 Å². The summed E-state index contributed by atoms with van der Waals surface area (Å²) < 4.78 is 3.07. The van der Waals surface area contributed by atoms with E-state index in [9.17, 15) is 0 Å². The van der Waals surface area contributed by atoms with Crippen LogP contribution in [0.25, 0.3) is 20.2 Å². The second-order valence-corrected chi connectivity index (χ2v) is 17.3. The summed E-state index contributed by atoms with van der Waals surface area (Å²) in [5.74, 6) is 6.03. The van der Waals surface area contributed by atoms with E-state index in [-0.39, 0.29) is 0 Å². The van der Waals surface area contributed by atoms with E-state index in [0.29, 0.717) is 28.9 Å². The highest BCUT2D eigenvalue weighted by Crippen LogP contribution is 2.58. The number of hydrogen-bond donors (Lipinski definition) is 0. The first kappa shape index (κ1) is 29.4. The van der Waals surface area contributed by atoms with E-state index >= 15 is 0 Å². The van der Waals surface area contributed by atoms with E-state index in [1.807, 2.05) is 0 Å². The van der Waals surface area contributed by atoms with E-state index in [1.165, 1.54) is 86.1 Å². The number of thioether (sulfide) groups is 1. The van der Waals surface area contributed by atoms with Crippen LogP contribution >= 0.6 is 23.1 Å². The van der Waals surface area contributed by atoms with E-state index in [2.05, 4.69) is 110 Å². The number of rotatable bonds is 4. The first-order valence-corrected chi connectivity index (χ1v) is 19.6. The molecule has 1 aliphatic heterocycles. The second-order valence-electron chi connectivity index (χ2n) is 15.0. The van der Waals surface area contributed by atoms with Crippen molar-refractivity contribution < 1.29 is 0 Å². The molecular formula is C42H50S2. The van der Waals surface area contributed by atoms with E-state index in [4.69, 9.17) is 0 Å². The molecule has 0 bridgehead atoms. The van der Waals surface area contributed by atoms with Crippen molar-refractivity contribution in [3.63, 3.8) is 0 Å².